The fourth-order valence-electron chi connectivity index (χ4n) is 3.80. The van der Waals surface area contributed by atoms with Crippen molar-refractivity contribution >= 4 is 5.91 Å². The predicted molar refractivity (Wildman–Crippen MR) is 88.3 cm³/mol. The first kappa shape index (κ1) is 16.8. The minimum atomic E-state index is 0.410. The van der Waals surface area contributed by atoms with Crippen molar-refractivity contribution in [2.24, 2.45) is 11.8 Å². The Hall–Kier alpha value is -0.570. The Balaban J connectivity index is 1.43. The lowest BCUT2D eigenvalue weighted by Crippen LogP contribution is -2.31. The number of nitrogens with zero attached hydrogens (tertiary/aromatic N) is 1. The molecule has 21 heavy (non-hydrogen) atoms. The summed E-state index contributed by atoms with van der Waals surface area (Å²) in [7, 11) is 0. The zero-order chi connectivity index (χ0) is 14.9. The molecule has 0 aromatic carbocycles. The maximum Gasteiger partial charge on any atom is 0.222 e. The van der Waals surface area contributed by atoms with Crippen LogP contribution in [0, 0.1) is 11.8 Å². The minimum Gasteiger partial charge on any atom is -0.342 e. The highest BCUT2D eigenvalue weighted by atomic mass is 16.2. The highest BCUT2D eigenvalue weighted by molar-refractivity contribution is 5.76. The van der Waals surface area contributed by atoms with E-state index in [0.717, 1.165) is 50.9 Å². The molecular weight excluding hydrogens is 260 g/mol. The first-order chi connectivity index (χ1) is 10.3. The molecule has 0 aliphatic carbocycles. The number of hydrogen-bond acceptors (Lipinski definition) is 2. The van der Waals surface area contributed by atoms with Crippen LogP contribution in [-0.4, -0.2) is 37.0 Å². The van der Waals surface area contributed by atoms with E-state index in [1.54, 1.807) is 0 Å². The van der Waals surface area contributed by atoms with Gasteiger partial charge in [-0.25, -0.2) is 0 Å². The van der Waals surface area contributed by atoms with E-state index in [0.29, 0.717) is 5.91 Å². The Bertz CT molecular complexity index is 294. The molecule has 2 aliphatic rings. The summed E-state index contributed by atoms with van der Waals surface area (Å²) in [4.78, 5) is 14.3. The average Bonchev–Trinajstić information content (AvgIpc) is 3.06. The van der Waals surface area contributed by atoms with Gasteiger partial charge in [-0.3, -0.25) is 4.79 Å². The van der Waals surface area contributed by atoms with Crippen molar-refractivity contribution in [2.75, 3.05) is 26.2 Å². The summed E-state index contributed by atoms with van der Waals surface area (Å²) in [5.74, 6) is 1.88. The quantitative estimate of drug-likeness (QED) is 0.625. The summed E-state index contributed by atoms with van der Waals surface area (Å²) in [6.07, 6.45) is 12.7. The van der Waals surface area contributed by atoms with Crippen LogP contribution in [0.4, 0.5) is 0 Å². The van der Waals surface area contributed by atoms with E-state index in [1.165, 1.54) is 51.4 Å². The molecule has 3 nitrogen and oxygen atoms in total. The number of rotatable bonds is 10. The molecule has 0 aromatic heterocycles. The molecule has 0 saturated carbocycles. The fourth-order valence-corrected chi connectivity index (χ4v) is 3.80. The molecular formula is C18H34N2O. The summed E-state index contributed by atoms with van der Waals surface area (Å²) < 4.78 is 0. The molecule has 1 amide bonds. The van der Waals surface area contributed by atoms with E-state index >= 15 is 0 Å². The summed E-state index contributed by atoms with van der Waals surface area (Å²) in [5, 5.41) is 3.43. The van der Waals surface area contributed by atoms with Crippen LogP contribution in [0.25, 0.3) is 0 Å². The zero-order valence-electron chi connectivity index (χ0n) is 13.9. The number of fused-ring (bicyclic) bond motifs is 1. The monoisotopic (exact) mass is 294 g/mol. The van der Waals surface area contributed by atoms with Crippen LogP contribution >= 0.6 is 0 Å². The van der Waals surface area contributed by atoms with Crippen LogP contribution in [0.15, 0.2) is 0 Å². The summed E-state index contributed by atoms with van der Waals surface area (Å²) in [6, 6.07) is 0. The third-order valence-electron chi connectivity index (χ3n) is 5.24. The topological polar surface area (TPSA) is 32.3 Å². The van der Waals surface area contributed by atoms with Crippen LogP contribution in [-0.2, 0) is 4.79 Å². The van der Waals surface area contributed by atoms with Crippen LogP contribution in [0.2, 0.25) is 0 Å². The molecule has 2 fully saturated rings. The van der Waals surface area contributed by atoms with E-state index in [2.05, 4.69) is 17.1 Å². The van der Waals surface area contributed by atoms with E-state index in [4.69, 9.17) is 0 Å². The van der Waals surface area contributed by atoms with Crippen molar-refractivity contribution in [2.45, 2.75) is 71.1 Å². The Morgan fingerprint density at radius 2 is 1.43 bits per heavy atom. The largest absolute Gasteiger partial charge is 0.342 e. The van der Waals surface area contributed by atoms with Crippen molar-refractivity contribution in [1.29, 1.82) is 0 Å². The second-order valence-electron chi connectivity index (χ2n) is 7.06. The molecule has 0 spiro atoms. The van der Waals surface area contributed by atoms with Crippen LogP contribution < -0.4 is 5.32 Å². The Labute approximate surface area is 130 Å². The number of unbranched alkanes of at least 4 members (excludes halogenated alkanes) is 8. The zero-order valence-corrected chi connectivity index (χ0v) is 13.9. The molecule has 122 valence electrons. The summed E-state index contributed by atoms with van der Waals surface area (Å²) in [6.45, 7) is 6.52. The number of hydrogen-bond donors (Lipinski definition) is 1. The Morgan fingerprint density at radius 1 is 0.905 bits per heavy atom. The summed E-state index contributed by atoms with van der Waals surface area (Å²) in [5.41, 5.74) is 0. The third kappa shape index (κ3) is 5.61. The van der Waals surface area contributed by atoms with Gasteiger partial charge in [0.15, 0.2) is 0 Å². The van der Waals surface area contributed by atoms with Crippen LogP contribution in [0.1, 0.15) is 71.1 Å². The molecule has 2 aliphatic heterocycles. The molecule has 2 unspecified atom stereocenters. The smallest absolute Gasteiger partial charge is 0.222 e. The number of carbonyl (C=O) groups excluding carboxylic acids is 1. The number of carbonyl (C=O) groups is 1. The first-order valence-electron chi connectivity index (χ1n) is 9.29. The van der Waals surface area contributed by atoms with Gasteiger partial charge in [-0.1, -0.05) is 58.3 Å². The lowest BCUT2D eigenvalue weighted by atomic mass is 10.0. The maximum atomic E-state index is 12.2. The molecule has 3 heteroatoms. The van der Waals surface area contributed by atoms with Gasteiger partial charge in [0, 0.05) is 32.6 Å². The molecule has 0 aromatic rings. The van der Waals surface area contributed by atoms with E-state index in [1.807, 2.05) is 0 Å². The standard InChI is InChI=1S/C18H34N2O/c1-2-3-4-5-6-7-8-9-10-11-18(21)20-14-16-12-19-13-17(16)15-20/h16-17,19H,2-15H2,1H3. The SMILES string of the molecule is CCCCCCCCCCCC(=O)N1CC2CNCC2C1. The lowest BCUT2D eigenvalue weighted by Gasteiger charge is -2.17. The van der Waals surface area contributed by atoms with E-state index in [9.17, 15) is 4.79 Å². The number of nitrogens with one attached hydrogen (secondary N) is 1. The van der Waals surface area contributed by atoms with Gasteiger partial charge in [-0.05, 0) is 18.3 Å². The highest BCUT2D eigenvalue weighted by Gasteiger charge is 2.37. The lowest BCUT2D eigenvalue weighted by molar-refractivity contribution is -0.130. The maximum absolute atomic E-state index is 12.2. The van der Waals surface area contributed by atoms with E-state index < -0.39 is 0 Å². The van der Waals surface area contributed by atoms with Gasteiger partial charge >= 0.3 is 0 Å². The molecule has 0 radical (unpaired) electrons. The van der Waals surface area contributed by atoms with E-state index in [-0.39, 0.29) is 0 Å². The van der Waals surface area contributed by atoms with Crippen molar-refractivity contribution in [1.82, 2.24) is 10.2 Å². The van der Waals surface area contributed by atoms with Gasteiger partial charge in [-0.15, -0.1) is 0 Å². The van der Waals surface area contributed by atoms with Crippen LogP contribution in [0.3, 0.4) is 0 Å². The van der Waals surface area contributed by atoms with Gasteiger partial charge in [0.25, 0.3) is 0 Å². The van der Waals surface area contributed by atoms with Gasteiger partial charge in [0.2, 0.25) is 5.91 Å². The predicted octanol–water partition coefficient (Wildman–Crippen LogP) is 3.59. The third-order valence-corrected chi connectivity index (χ3v) is 5.24. The second kappa shape index (κ2) is 9.45. The Morgan fingerprint density at radius 3 is 2.00 bits per heavy atom. The summed E-state index contributed by atoms with van der Waals surface area (Å²) >= 11 is 0. The van der Waals surface area contributed by atoms with Gasteiger partial charge in [0.1, 0.15) is 0 Å². The average molecular weight is 294 g/mol. The van der Waals surface area contributed by atoms with Crippen LogP contribution in [0.5, 0.6) is 0 Å². The van der Waals surface area contributed by atoms with Crippen molar-refractivity contribution in [3.05, 3.63) is 0 Å². The van der Waals surface area contributed by atoms with Gasteiger partial charge in [0.05, 0.1) is 0 Å². The van der Waals surface area contributed by atoms with Gasteiger partial charge in [-0.2, -0.15) is 0 Å². The molecule has 0 bridgehead atoms. The van der Waals surface area contributed by atoms with Gasteiger partial charge < -0.3 is 10.2 Å². The second-order valence-corrected chi connectivity index (χ2v) is 7.06. The molecule has 2 atom stereocenters. The molecule has 2 rings (SSSR count). The fraction of sp³-hybridized carbons (Fsp3) is 0.944. The molecule has 2 saturated heterocycles. The number of likely N-dealkylation sites (tertiary alicyclic amines) is 1. The van der Waals surface area contributed by atoms with Crippen molar-refractivity contribution in [3.8, 4) is 0 Å². The highest BCUT2D eigenvalue weighted by Crippen LogP contribution is 2.26. The van der Waals surface area contributed by atoms with Crippen molar-refractivity contribution < 1.29 is 4.79 Å². The first-order valence-corrected chi connectivity index (χ1v) is 9.29. The normalized spacial score (nSPS) is 24.5. The molecule has 2 heterocycles. The number of amides is 1. The van der Waals surface area contributed by atoms with Crippen molar-refractivity contribution in [3.63, 3.8) is 0 Å². The Kier molecular flexibility index (Phi) is 7.56. The molecule has 1 N–H and O–H groups in total. The minimum absolute atomic E-state index is 0.410.